The highest BCUT2D eigenvalue weighted by molar-refractivity contribution is 6.00. The van der Waals surface area contributed by atoms with Gasteiger partial charge in [-0.05, 0) is 18.9 Å². The molecule has 1 N–H and O–H groups in total. The van der Waals surface area contributed by atoms with E-state index in [2.05, 4.69) is 25.7 Å². The van der Waals surface area contributed by atoms with E-state index in [1.165, 1.54) is 6.42 Å². The van der Waals surface area contributed by atoms with Gasteiger partial charge in [-0.25, -0.2) is 0 Å². The average Bonchev–Trinajstić information content (AvgIpc) is 2.47. The van der Waals surface area contributed by atoms with Crippen molar-refractivity contribution in [3.8, 4) is 0 Å². The second kappa shape index (κ2) is 17.6. The van der Waals surface area contributed by atoms with Gasteiger partial charge >= 0.3 is 0 Å². The summed E-state index contributed by atoms with van der Waals surface area (Å²) in [6, 6.07) is 0. The van der Waals surface area contributed by atoms with Crippen molar-refractivity contribution in [3.63, 3.8) is 0 Å². The molecule has 0 bridgehead atoms. The molecule has 0 aliphatic carbocycles. The minimum atomic E-state index is -0.204. The Bertz CT molecular complexity index is 293. The van der Waals surface area contributed by atoms with E-state index in [0.717, 1.165) is 5.57 Å². The molecule has 118 valence electrons. The first-order chi connectivity index (χ1) is 9.60. The van der Waals surface area contributed by atoms with E-state index in [4.69, 9.17) is 0 Å². The summed E-state index contributed by atoms with van der Waals surface area (Å²) in [7, 11) is 0. The van der Waals surface area contributed by atoms with Gasteiger partial charge < -0.3 is 0 Å². The summed E-state index contributed by atoms with van der Waals surface area (Å²) in [5, 5.41) is 2.31. The highest BCUT2D eigenvalue weighted by Crippen LogP contribution is 2.21. The molecule has 1 fully saturated rings. The zero-order valence-corrected chi connectivity index (χ0v) is 14.4. The van der Waals surface area contributed by atoms with Gasteiger partial charge in [-0.2, -0.15) is 0 Å². The molecular formula is C17H33NO2. The van der Waals surface area contributed by atoms with Crippen LogP contribution in [0.1, 0.15) is 67.7 Å². The Morgan fingerprint density at radius 1 is 1.25 bits per heavy atom. The third kappa shape index (κ3) is 10.5. The number of imide groups is 1. The van der Waals surface area contributed by atoms with E-state index in [1.807, 2.05) is 40.7 Å². The summed E-state index contributed by atoms with van der Waals surface area (Å²) >= 11 is 0. The van der Waals surface area contributed by atoms with E-state index in [0.29, 0.717) is 12.8 Å². The molecule has 3 nitrogen and oxygen atoms in total. The van der Waals surface area contributed by atoms with Gasteiger partial charge in [0.25, 0.3) is 0 Å². The molecule has 20 heavy (non-hydrogen) atoms. The van der Waals surface area contributed by atoms with Crippen LogP contribution >= 0.6 is 0 Å². The van der Waals surface area contributed by atoms with Crippen molar-refractivity contribution < 1.29 is 9.59 Å². The van der Waals surface area contributed by atoms with Crippen molar-refractivity contribution in [1.29, 1.82) is 0 Å². The Morgan fingerprint density at radius 3 is 2.00 bits per heavy atom. The molecule has 0 radical (unpaired) electrons. The standard InChI is InChI=1S/C10H13NO2.C3H8.2C2H6/c1-3-7(4-2)8-5-6-9(12)11-10(8)13;1-3-2;2*1-2/h3-4,8H,1,5-6H2,2H3,(H,11,12,13);3H2,1-2H3;2*1-2H3/b7-4+;;;. The fourth-order valence-corrected chi connectivity index (χ4v) is 1.47. The minimum absolute atomic E-state index is 0.180. The monoisotopic (exact) mass is 283 g/mol. The summed E-state index contributed by atoms with van der Waals surface area (Å²) in [6.45, 7) is 17.7. The van der Waals surface area contributed by atoms with Crippen molar-refractivity contribution in [1.82, 2.24) is 5.32 Å². The molecule has 3 heteroatoms. The van der Waals surface area contributed by atoms with Crippen LogP contribution in [0, 0.1) is 5.92 Å². The predicted molar refractivity (Wildman–Crippen MR) is 88.5 cm³/mol. The van der Waals surface area contributed by atoms with Crippen LogP contribution in [0.4, 0.5) is 0 Å². The summed E-state index contributed by atoms with van der Waals surface area (Å²) in [5.74, 6) is -0.579. The maximum absolute atomic E-state index is 11.3. The second-order valence-corrected chi connectivity index (χ2v) is 3.70. The lowest BCUT2D eigenvalue weighted by atomic mass is 9.90. The first-order valence-electron chi connectivity index (χ1n) is 7.72. The van der Waals surface area contributed by atoms with Crippen molar-refractivity contribution in [2.24, 2.45) is 5.92 Å². The van der Waals surface area contributed by atoms with Gasteiger partial charge in [0.05, 0.1) is 5.92 Å². The molecule has 1 rings (SSSR count). The fourth-order valence-electron chi connectivity index (χ4n) is 1.47. The van der Waals surface area contributed by atoms with Crippen LogP contribution in [0.25, 0.3) is 0 Å². The average molecular weight is 283 g/mol. The Balaban J connectivity index is -0.000000355. The Hall–Kier alpha value is -1.38. The normalized spacial score (nSPS) is 17.1. The SMILES string of the molecule is C=C/C(=C\C)C1CCC(=O)NC1=O.CC.CC.CCC. The third-order valence-corrected chi connectivity index (χ3v) is 2.21. The number of carbonyl (C=O) groups is 2. The first kappa shape index (κ1) is 23.7. The number of piperidine rings is 1. The highest BCUT2D eigenvalue weighted by Gasteiger charge is 2.27. The number of rotatable bonds is 2. The van der Waals surface area contributed by atoms with Crippen LogP contribution in [0.2, 0.25) is 0 Å². The molecule has 0 spiro atoms. The van der Waals surface area contributed by atoms with Crippen LogP contribution in [0.5, 0.6) is 0 Å². The molecule has 1 saturated heterocycles. The zero-order chi connectivity index (χ0) is 16.6. The number of carbonyl (C=O) groups excluding carboxylic acids is 2. The second-order valence-electron chi connectivity index (χ2n) is 3.70. The summed E-state index contributed by atoms with van der Waals surface area (Å²) < 4.78 is 0. The van der Waals surface area contributed by atoms with Gasteiger partial charge in [-0.3, -0.25) is 14.9 Å². The zero-order valence-electron chi connectivity index (χ0n) is 14.4. The molecule has 0 aromatic rings. The largest absolute Gasteiger partial charge is 0.296 e. The van der Waals surface area contributed by atoms with E-state index >= 15 is 0 Å². The quantitative estimate of drug-likeness (QED) is 0.592. The number of nitrogens with one attached hydrogen (secondary N) is 1. The smallest absolute Gasteiger partial charge is 0.234 e. The van der Waals surface area contributed by atoms with Crippen molar-refractivity contribution in [2.75, 3.05) is 0 Å². The number of allylic oxidation sites excluding steroid dienone is 2. The predicted octanol–water partition coefficient (Wildman–Crippen LogP) is 4.64. The Kier molecular flexibility index (Phi) is 20.9. The molecule has 1 aliphatic rings. The molecular weight excluding hydrogens is 250 g/mol. The molecule has 0 aromatic carbocycles. The lowest BCUT2D eigenvalue weighted by molar-refractivity contribution is -0.135. The first-order valence-corrected chi connectivity index (χ1v) is 7.72. The van der Waals surface area contributed by atoms with Gasteiger partial charge in [0, 0.05) is 6.42 Å². The topological polar surface area (TPSA) is 46.2 Å². The summed E-state index contributed by atoms with van der Waals surface area (Å²) in [6.07, 6.45) is 5.78. The van der Waals surface area contributed by atoms with E-state index < -0.39 is 0 Å². The Morgan fingerprint density at radius 2 is 1.70 bits per heavy atom. The molecule has 1 atom stereocenters. The highest BCUT2D eigenvalue weighted by atomic mass is 16.2. The number of hydrogen-bond donors (Lipinski definition) is 1. The molecule has 1 unspecified atom stereocenters. The molecule has 1 aliphatic heterocycles. The fraction of sp³-hybridized carbons (Fsp3) is 0.647. The minimum Gasteiger partial charge on any atom is -0.296 e. The maximum Gasteiger partial charge on any atom is 0.234 e. The van der Waals surface area contributed by atoms with Crippen LogP contribution in [0.3, 0.4) is 0 Å². The van der Waals surface area contributed by atoms with Gasteiger partial charge in [0.15, 0.2) is 0 Å². The molecule has 1 heterocycles. The summed E-state index contributed by atoms with van der Waals surface area (Å²) in [5.41, 5.74) is 0.894. The number of hydrogen-bond acceptors (Lipinski definition) is 2. The molecule has 0 saturated carbocycles. The van der Waals surface area contributed by atoms with Crippen LogP contribution < -0.4 is 5.32 Å². The van der Waals surface area contributed by atoms with Crippen LogP contribution in [-0.2, 0) is 9.59 Å². The third-order valence-electron chi connectivity index (χ3n) is 2.21. The van der Waals surface area contributed by atoms with E-state index in [1.54, 1.807) is 6.08 Å². The Labute approximate surface area is 125 Å². The van der Waals surface area contributed by atoms with Gasteiger partial charge in [-0.1, -0.05) is 66.7 Å². The molecule has 0 aromatic heterocycles. The van der Waals surface area contributed by atoms with Crippen LogP contribution in [-0.4, -0.2) is 11.8 Å². The van der Waals surface area contributed by atoms with Gasteiger partial charge in [0.2, 0.25) is 11.8 Å². The lowest BCUT2D eigenvalue weighted by Crippen LogP contribution is -2.41. The van der Waals surface area contributed by atoms with Crippen LogP contribution in [0.15, 0.2) is 24.3 Å². The number of amides is 2. The van der Waals surface area contributed by atoms with Crippen molar-refractivity contribution in [3.05, 3.63) is 24.3 Å². The lowest BCUT2D eigenvalue weighted by Gasteiger charge is -2.21. The maximum atomic E-state index is 11.3. The van der Waals surface area contributed by atoms with Gasteiger partial charge in [0.1, 0.15) is 0 Å². The molecule has 2 amide bonds. The summed E-state index contributed by atoms with van der Waals surface area (Å²) in [4.78, 5) is 22.2. The van der Waals surface area contributed by atoms with E-state index in [-0.39, 0.29) is 17.7 Å². The van der Waals surface area contributed by atoms with Crippen molar-refractivity contribution in [2.45, 2.75) is 67.7 Å². The van der Waals surface area contributed by atoms with Crippen molar-refractivity contribution >= 4 is 11.8 Å². The van der Waals surface area contributed by atoms with Gasteiger partial charge in [-0.15, -0.1) is 0 Å². The van der Waals surface area contributed by atoms with E-state index in [9.17, 15) is 9.59 Å².